The summed E-state index contributed by atoms with van der Waals surface area (Å²) in [6.07, 6.45) is 6.80. The molecule has 0 bridgehead atoms. The van der Waals surface area contributed by atoms with Gasteiger partial charge in [-0.15, -0.1) is 0 Å². The summed E-state index contributed by atoms with van der Waals surface area (Å²) in [4.78, 5) is 9.18. The first-order valence-electron chi connectivity index (χ1n) is 9.13. The van der Waals surface area contributed by atoms with E-state index in [-0.39, 0.29) is 5.54 Å². The lowest BCUT2D eigenvalue weighted by Gasteiger charge is -2.38. The molecule has 0 spiro atoms. The molecule has 2 N–H and O–H groups in total. The molecule has 27 heavy (non-hydrogen) atoms. The standard InChI is InChI=1S/C22H19ClN4/c23-18-13-25-21-26-19(20(27(21)14-18)16-5-2-1-3-6-16)15-7-9-17(10-8-15)22(24)11-4-12-22/h1-3,5-10,13-14H,4,11-12,24H2. The van der Waals surface area contributed by atoms with Crippen molar-refractivity contribution in [3.63, 3.8) is 0 Å². The minimum atomic E-state index is -0.158. The summed E-state index contributed by atoms with van der Waals surface area (Å²) in [5.74, 6) is 0.631. The van der Waals surface area contributed by atoms with Gasteiger partial charge in [0, 0.05) is 22.9 Å². The van der Waals surface area contributed by atoms with Crippen LogP contribution in [-0.4, -0.2) is 14.4 Å². The maximum Gasteiger partial charge on any atom is 0.234 e. The molecule has 0 unspecified atom stereocenters. The molecule has 1 fully saturated rings. The third-order valence-corrected chi connectivity index (χ3v) is 5.67. The van der Waals surface area contributed by atoms with Gasteiger partial charge >= 0.3 is 0 Å². The minimum Gasteiger partial charge on any atom is -0.321 e. The number of halogens is 1. The molecule has 0 saturated heterocycles. The molecule has 0 radical (unpaired) electrons. The molecule has 2 aromatic heterocycles. The van der Waals surface area contributed by atoms with E-state index in [2.05, 4.69) is 41.4 Å². The zero-order valence-corrected chi connectivity index (χ0v) is 15.5. The van der Waals surface area contributed by atoms with Crippen LogP contribution in [0.25, 0.3) is 28.3 Å². The van der Waals surface area contributed by atoms with Gasteiger partial charge in [0.2, 0.25) is 5.78 Å². The van der Waals surface area contributed by atoms with E-state index in [0.717, 1.165) is 35.4 Å². The van der Waals surface area contributed by atoms with Crippen LogP contribution in [0.1, 0.15) is 24.8 Å². The molecule has 0 aliphatic heterocycles. The van der Waals surface area contributed by atoms with Crippen molar-refractivity contribution in [2.75, 3.05) is 0 Å². The summed E-state index contributed by atoms with van der Waals surface area (Å²) >= 11 is 6.20. The van der Waals surface area contributed by atoms with Gasteiger partial charge in [-0.2, -0.15) is 0 Å². The average Bonchev–Trinajstić information content (AvgIpc) is 3.05. The zero-order chi connectivity index (χ0) is 18.4. The van der Waals surface area contributed by atoms with Gasteiger partial charge in [0.15, 0.2) is 0 Å². The molecule has 4 nitrogen and oxygen atoms in total. The average molecular weight is 375 g/mol. The van der Waals surface area contributed by atoms with Crippen molar-refractivity contribution in [3.8, 4) is 22.5 Å². The van der Waals surface area contributed by atoms with Crippen molar-refractivity contribution in [1.29, 1.82) is 0 Å². The molecule has 1 saturated carbocycles. The van der Waals surface area contributed by atoms with E-state index in [1.807, 2.05) is 28.8 Å². The highest BCUT2D eigenvalue weighted by Gasteiger charge is 2.34. The van der Waals surface area contributed by atoms with E-state index in [1.165, 1.54) is 12.0 Å². The minimum absolute atomic E-state index is 0.158. The van der Waals surface area contributed by atoms with Crippen molar-refractivity contribution in [1.82, 2.24) is 14.4 Å². The lowest BCUT2D eigenvalue weighted by atomic mass is 9.72. The summed E-state index contributed by atoms with van der Waals surface area (Å²) < 4.78 is 1.96. The summed E-state index contributed by atoms with van der Waals surface area (Å²) in [6, 6.07) is 18.7. The van der Waals surface area contributed by atoms with Crippen LogP contribution in [0, 0.1) is 0 Å². The lowest BCUT2D eigenvalue weighted by molar-refractivity contribution is 0.253. The zero-order valence-electron chi connectivity index (χ0n) is 14.8. The summed E-state index contributed by atoms with van der Waals surface area (Å²) in [5.41, 5.74) is 11.5. The van der Waals surface area contributed by atoms with Crippen LogP contribution in [0.5, 0.6) is 0 Å². The lowest BCUT2D eigenvalue weighted by Crippen LogP contribution is -2.43. The van der Waals surface area contributed by atoms with Crippen molar-refractivity contribution in [2.24, 2.45) is 5.73 Å². The molecule has 2 heterocycles. The predicted molar refractivity (Wildman–Crippen MR) is 109 cm³/mol. The molecular weight excluding hydrogens is 356 g/mol. The number of fused-ring (bicyclic) bond motifs is 1. The second-order valence-corrected chi connectivity index (χ2v) is 7.64. The maximum atomic E-state index is 6.47. The Hall–Kier alpha value is -2.69. The Morgan fingerprint density at radius 1 is 0.963 bits per heavy atom. The summed E-state index contributed by atoms with van der Waals surface area (Å²) in [5, 5.41) is 0.578. The Morgan fingerprint density at radius 2 is 1.70 bits per heavy atom. The van der Waals surface area contributed by atoms with Crippen LogP contribution in [0.15, 0.2) is 67.0 Å². The van der Waals surface area contributed by atoms with Gasteiger partial charge in [-0.3, -0.25) is 4.40 Å². The van der Waals surface area contributed by atoms with Crippen LogP contribution in [0.2, 0.25) is 5.02 Å². The highest BCUT2D eigenvalue weighted by molar-refractivity contribution is 6.30. The molecule has 2 aromatic carbocycles. The van der Waals surface area contributed by atoms with Gasteiger partial charge in [-0.25, -0.2) is 9.97 Å². The van der Waals surface area contributed by atoms with Crippen LogP contribution in [-0.2, 0) is 5.54 Å². The summed E-state index contributed by atoms with van der Waals surface area (Å²) in [6.45, 7) is 0. The van der Waals surface area contributed by atoms with E-state index >= 15 is 0 Å². The van der Waals surface area contributed by atoms with Gasteiger partial charge in [0.05, 0.1) is 22.6 Å². The number of nitrogens with two attached hydrogens (primary N) is 1. The number of rotatable bonds is 3. The van der Waals surface area contributed by atoms with E-state index in [9.17, 15) is 0 Å². The monoisotopic (exact) mass is 374 g/mol. The molecule has 1 aliphatic rings. The number of imidazole rings is 1. The van der Waals surface area contributed by atoms with Gasteiger partial charge in [-0.05, 0) is 24.8 Å². The van der Waals surface area contributed by atoms with Crippen molar-refractivity contribution in [3.05, 3.63) is 77.6 Å². The Kier molecular flexibility index (Phi) is 3.78. The first-order chi connectivity index (χ1) is 13.1. The Labute approximate surface area is 162 Å². The fourth-order valence-electron chi connectivity index (χ4n) is 3.79. The van der Waals surface area contributed by atoms with E-state index in [4.69, 9.17) is 22.3 Å². The molecular formula is C22H19ClN4. The van der Waals surface area contributed by atoms with Gasteiger partial charge in [0.1, 0.15) is 0 Å². The topological polar surface area (TPSA) is 56.2 Å². The molecule has 134 valence electrons. The summed E-state index contributed by atoms with van der Waals surface area (Å²) in [7, 11) is 0. The van der Waals surface area contributed by atoms with E-state index in [0.29, 0.717) is 10.8 Å². The SMILES string of the molecule is NC1(c2ccc(-c3nc4ncc(Cl)cn4c3-c3ccccc3)cc2)CCC1. The number of hydrogen-bond donors (Lipinski definition) is 1. The van der Waals surface area contributed by atoms with Crippen molar-refractivity contribution >= 4 is 17.4 Å². The van der Waals surface area contributed by atoms with Gasteiger partial charge in [-0.1, -0.05) is 66.2 Å². The molecule has 0 atom stereocenters. The van der Waals surface area contributed by atoms with Crippen LogP contribution in [0.3, 0.4) is 0 Å². The van der Waals surface area contributed by atoms with Crippen LogP contribution < -0.4 is 5.73 Å². The Morgan fingerprint density at radius 3 is 2.37 bits per heavy atom. The quantitative estimate of drug-likeness (QED) is 0.545. The number of aromatic nitrogens is 3. The smallest absolute Gasteiger partial charge is 0.234 e. The highest BCUT2D eigenvalue weighted by atomic mass is 35.5. The largest absolute Gasteiger partial charge is 0.321 e. The van der Waals surface area contributed by atoms with Crippen LogP contribution in [0.4, 0.5) is 0 Å². The van der Waals surface area contributed by atoms with Crippen molar-refractivity contribution < 1.29 is 0 Å². The fraction of sp³-hybridized carbons (Fsp3) is 0.182. The predicted octanol–water partition coefficient (Wildman–Crippen LogP) is 5.05. The molecule has 5 rings (SSSR count). The highest BCUT2D eigenvalue weighted by Crippen LogP contribution is 2.40. The van der Waals surface area contributed by atoms with Gasteiger partial charge < -0.3 is 5.73 Å². The molecule has 0 amide bonds. The van der Waals surface area contributed by atoms with E-state index < -0.39 is 0 Å². The third-order valence-electron chi connectivity index (χ3n) is 5.47. The second kappa shape index (κ2) is 6.19. The van der Waals surface area contributed by atoms with Crippen LogP contribution >= 0.6 is 11.6 Å². The first kappa shape index (κ1) is 16.5. The second-order valence-electron chi connectivity index (χ2n) is 7.20. The number of benzene rings is 2. The van der Waals surface area contributed by atoms with Gasteiger partial charge in [0.25, 0.3) is 0 Å². The number of nitrogens with zero attached hydrogens (tertiary/aromatic N) is 3. The molecule has 1 aliphatic carbocycles. The maximum absolute atomic E-state index is 6.47. The van der Waals surface area contributed by atoms with Crippen molar-refractivity contribution in [2.45, 2.75) is 24.8 Å². The third kappa shape index (κ3) is 2.73. The Bertz CT molecular complexity index is 1110. The Balaban J connectivity index is 1.69. The van der Waals surface area contributed by atoms with E-state index in [1.54, 1.807) is 6.20 Å². The molecule has 4 aromatic rings. The number of hydrogen-bond acceptors (Lipinski definition) is 3. The molecule has 5 heteroatoms. The first-order valence-corrected chi connectivity index (χ1v) is 9.51. The fourth-order valence-corrected chi connectivity index (χ4v) is 3.94. The normalized spacial score (nSPS) is 15.6.